The van der Waals surface area contributed by atoms with Gasteiger partial charge >= 0.3 is 0 Å². The number of likely N-dealkylation sites (tertiary alicyclic amines) is 2. The number of rotatable bonds is 7. The summed E-state index contributed by atoms with van der Waals surface area (Å²) in [6, 6.07) is 14.2. The second-order valence-corrected chi connectivity index (χ2v) is 8.78. The highest BCUT2D eigenvalue weighted by Gasteiger charge is 2.32. The van der Waals surface area contributed by atoms with Crippen molar-refractivity contribution in [3.05, 3.63) is 65.5 Å². The van der Waals surface area contributed by atoms with Crippen molar-refractivity contribution in [1.82, 2.24) is 19.7 Å². The van der Waals surface area contributed by atoms with Gasteiger partial charge in [0, 0.05) is 39.3 Å². The lowest BCUT2D eigenvalue weighted by molar-refractivity contribution is -0.143. The zero-order valence-corrected chi connectivity index (χ0v) is 18.4. The van der Waals surface area contributed by atoms with E-state index in [-0.39, 0.29) is 17.7 Å². The number of aromatic nitrogens is 1. The van der Waals surface area contributed by atoms with Crippen LogP contribution in [-0.2, 0) is 29.2 Å². The van der Waals surface area contributed by atoms with Gasteiger partial charge in [0.2, 0.25) is 11.8 Å². The number of hydrogen-bond donors (Lipinski definition) is 0. The first kappa shape index (κ1) is 21.5. The molecule has 0 saturated carbocycles. The predicted octanol–water partition coefficient (Wildman–Crippen LogP) is 3.07. The Morgan fingerprint density at radius 1 is 1.06 bits per heavy atom. The molecule has 0 bridgehead atoms. The molecule has 0 N–H and O–H groups in total. The number of piperidine rings is 1. The van der Waals surface area contributed by atoms with E-state index in [1.165, 1.54) is 24.0 Å². The topological polar surface area (TPSA) is 56.8 Å². The van der Waals surface area contributed by atoms with Gasteiger partial charge in [-0.3, -0.25) is 19.5 Å². The second kappa shape index (κ2) is 10.1. The minimum atomic E-state index is -0.155. The molecule has 31 heavy (non-hydrogen) atoms. The molecule has 2 aliphatic rings. The largest absolute Gasteiger partial charge is 0.341 e. The Bertz CT molecular complexity index is 895. The standard InChI is InChI=1S/C25H32N4O2/c1-27(16-20-8-2-3-9-21(20)17-28-14-6-7-15-28)25(31)22-11-12-24(30)29(18-22)19-23-10-4-5-13-26-23/h2-5,8-10,13,22H,6-7,11-12,14-19H2,1H3/t22-/m0/s1. The molecule has 164 valence electrons. The lowest BCUT2D eigenvalue weighted by atomic mass is 9.95. The summed E-state index contributed by atoms with van der Waals surface area (Å²) in [5, 5.41) is 0. The molecule has 0 aliphatic carbocycles. The van der Waals surface area contributed by atoms with Gasteiger partial charge in [-0.25, -0.2) is 0 Å². The van der Waals surface area contributed by atoms with E-state index in [0.717, 1.165) is 25.3 Å². The van der Waals surface area contributed by atoms with Gasteiger partial charge < -0.3 is 9.80 Å². The molecule has 2 aliphatic heterocycles. The molecule has 4 rings (SSSR count). The summed E-state index contributed by atoms with van der Waals surface area (Å²) in [4.78, 5) is 36.1. The average molecular weight is 421 g/mol. The van der Waals surface area contributed by atoms with Crippen LogP contribution in [0.4, 0.5) is 0 Å². The van der Waals surface area contributed by atoms with E-state index in [2.05, 4.69) is 34.1 Å². The zero-order chi connectivity index (χ0) is 21.6. The summed E-state index contributed by atoms with van der Waals surface area (Å²) >= 11 is 0. The molecule has 2 amide bonds. The van der Waals surface area contributed by atoms with E-state index in [4.69, 9.17) is 0 Å². The predicted molar refractivity (Wildman–Crippen MR) is 120 cm³/mol. The fraction of sp³-hybridized carbons (Fsp3) is 0.480. The third kappa shape index (κ3) is 5.50. The normalized spacial score (nSPS) is 19.6. The van der Waals surface area contributed by atoms with Crippen LogP contribution in [0.5, 0.6) is 0 Å². The Morgan fingerprint density at radius 2 is 1.81 bits per heavy atom. The van der Waals surface area contributed by atoms with Crippen LogP contribution in [0.1, 0.15) is 42.5 Å². The first-order valence-electron chi connectivity index (χ1n) is 11.3. The third-order valence-electron chi connectivity index (χ3n) is 6.42. The molecule has 2 aromatic rings. The fourth-order valence-electron chi connectivity index (χ4n) is 4.65. The number of hydrogen-bond acceptors (Lipinski definition) is 4. The Morgan fingerprint density at radius 3 is 2.55 bits per heavy atom. The highest BCUT2D eigenvalue weighted by molar-refractivity contribution is 5.83. The van der Waals surface area contributed by atoms with Crippen LogP contribution >= 0.6 is 0 Å². The number of amides is 2. The summed E-state index contributed by atoms with van der Waals surface area (Å²) in [6.07, 6.45) is 5.32. The lowest BCUT2D eigenvalue weighted by Crippen LogP contribution is -2.45. The van der Waals surface area contributed by atoms with Gasteiger partial charge in [0.15, 0.2) is 0 Å². The molecule has 1 aromatic heterocycles. The molecular weight excluding hydrogens is 388 g/mol. The van der Waals surface area contributed by atoms with Gasteiger partial charge in [-0.05, 0) is 55.6 Å². The molecule has 1 aromatic carbocycles. The van der Waals surface area contributed by atoms with Crippen LogP contribution in [-0.4, -0.2) is 58.2 Å². The summed E-state index contributed by atoms with van der Waals surface area (Å²) in [5.41, 5.74) is 3.37. The van der Waals surface area contributed by atoms with Crippen LogP contribution in [0.25, 0.3) is 0 Å². The molecule has 3 heterocycles. The van der Waals surface area contributed by atoms with Crippen molar-refractivity contribution in [1.29, 1.82) is 0 Å². The number of carbonyl (C=O) groups is 2. The first-order valence-corrected chi connectivity index (χ1v) is 11.3. The molecule has 0 radical (unpaired) electrons. The van der Waals surface area contributed by atoms with Crippen molar-refractivity contribution in [3.8, 4) is 0 Å². The average Bonchev–Trinajstić information content (AvgIpc) is 3.30. The summed E-state index contributed by atoms with van der Waals surface area (Å²) in [6.45, 7) is 4.80. The van der Waals surface area contributed by atoms with Crippen molar-refractivity contribution in [2.45, 2.75) is 45.3 Å². The lowest BCUT2D eigenvalue weighted by Gasteiger charge is -2.34. The van der Waals surface area contributed by atoms with E-state index in [1.807, 2.05) is 30.1 Å². The highest BCUT2D eigenvalue weighted by Crippen LogP contribution is 2.23. The molecule has 0 spiro atoms. The molecule has 6 heteroatoms. The fourth-order valence-corrected chi connectivity index (χ4v) is 4.65. The molecular formula is C25H32N4O2. The number of pyridine rings is 1. The second-order valence-electron chi connectivity index (χ2n) is 8.78. The quantitative estimate of drug-likeness (QED) is 0.691. The maximum Gasteiger partial charge on any atom is 0.227 e. The Kier molecular flexibility index (Phi) is 6.97. The zero-order valence-electron chi connectivity index (χ0n) is 18.4. The van der Waals surface area contributed by atoms with Gasteiger partial charge in [-0.2, -0.15) is 0 Å². The van der Waals surface area contributed by atoms with Crippen LogP contribution < -0.4 is 0 Å². The van der Waals surface area contributed by atoms with Crippen LogP contribution in [0.15, 0.2) is 48.7 Å². The first-order chi connectivity index (χ1) is 15.1. The van der Waals surface area contributed by atoms with Gasteiger partial charge in [-0.1, -0.05) is 30.3 Å². The van der Waals surface area contributed by atoms with Crippen molar-refractivity contribution >= 4 is 11.8 Å². The van der Waals surface area contributed by atoms with Crippen molar-refractivity contribution in [2.75, 3.05) is 26.7 Å². The third-order valence-corrected chi connectivity index (χ3v) is 6.42. The van der Waals surface area contributed by atoms with Gasteiger partial charge in [-0.15, -0.1) is 0 Å². The van der Waals surface area contributed by atoms with Crippen LogP contribution in [0, 0.1) is 5.92 Å². The minimum Gasteiger partial charge on any atom is -0.341 e. The monoisotopic (exact) mass is 420 g/mol. The van der Waals surface area contributed by atoms with Crippen molar-refractivity contribution in [2.24, 2.45) is 5.92 Å². The Balaban J connectivity index is 1.38. The summed E-state index contributed by atoms with van der Waals surface area (Å²) in [5.74, 6) is 0.0694. The highest BCUT2D eigenvalue weighted by atomic mass is 16.2. The maximum atomic E-state index is 13.2. The Labute approximate surface area is 184 Å². The molecule has 2 saturated heterocycles. The van der Waals surface area contributed by atoms with Gasteiger partial charge in [0.1, 0.15) is 0 Å². The van der Waals surface area contributed by atoms with Gasteiger partial charge in [0.25, 0.3) is 0 Å². The van der Waals surface area contributed by atoms with E-state index >= 15 is 0 Å². The van der Waals surface area contributed by atoms with Crippen molar-refractivity contribution in [3.63, 3.8) is 0 Å². The van der Waals surface area contributed by atoms with Crippen molar-refractivity contribution < 1.29 is 9.59 Å². The maximum absolute atomic E-state index is 13.2. The van der Waals surface area contributed by atoms with E-state index in [9.17, 15) is 9.59 Å². The van der Waals surface area contributed by atoms with E-state index in [0.29, 0.717) is 32.5 Å². The number of nitrogens with zero attached hydrogens (tertiary/aromatic N) is 4. The smallest absolute Gasteiger partial charge is 0.227 e. The Hall–Kier alpha value is -2.73. The molecule has 2 fully saturated rings. The minimum absolute atomic E-state index is 0.105. The van der Waals surface area contributed by atoms with E-state index in [1.54, 1.807) is 11.1 Å². The molecule has 1 atom stereocenters. The number of carbonyl (C=O) groups excluding carboxylic acids is 2. The van der Waals surface area contributed by atoms with Crippen LogP contribution in [0.2, 0.25) is 0 Å². The number of benzene rings is 1. The van der Waals surface area contributed by atoms with Crippen LogP contribution in [0.3, 0.4) is 0 Å². The molecule has 0 unspecified atom stereocenters. The van der Waals surface area contributed by atoms with E-state index < -0.39 is 0 Å². The SMILES string of the molecule is CN(Cc1ccccc1CN1CCCC1)C(=O)[C@H]1CCC(=O)N(Cc2ccccn2)C1. The van der Waals surface area contributed by atoms with Gasteiger partial charge in [0.05, 0.1) is 18.2 Å². The molecule has 6 nitrogen and oxygen atoms in total. The summed E-state index contributed by atoms with van der Waals surface area (Å²) in [7, 11) is 1.88. The summed E-state index contributed by atoms with van der Waals surface area (Å²) < 4.78 is 0.